The predicted molar refractivity (Wildman–Crippen MR) is 63.0 cm³/mol. The highest BCUT2D eigenvalue weighted by Gasteiger charge is 2.12. The summed E-state index contributed by atoms with van der Waals surface area (Å²) in [6.07, 6.45) is 3.04. The van der Waals surface area contributed by atoms with E-state index in [1.54, 1.807) is 13.3 Å². The molecule has 0 radical (unpaired) electrons. The van der Waals surface area contributed by atoms with Crippen molar-refractivity contribution in [3.05, 3.63) is 12.2 Å². The third kappa shape index (κ3) is 4.13. The Kier molecular flexibility index (Phi) is 4.65. The van der Waals surface area contributed by atoms with Crippen molar-refractivity contribution >= 4 is 5.78 Å². The predicted octanol–water partition coefficient (Wildman–Crippen LogP) is 2.09. The topological polar surface area (TPSA) is 47.8 Å². The number of hydrogen-bond acceptors (Lipinski definition) is 3. The lowest BCUT2D eigenvalue weighted by Gasteiger charge is -2.11. The molecule has 16 heavy (non-hydrogen) atoms. The van der Waals surface area contributed by atoms with Crippen LogP contribution in [0.15, 0.2) is 6.33 Å². The van der Waals surface area contributed by atoms with E-state index >= 15 is 0 Å². The zero-order valence-corrected chi connectivity index (χ0v) is 10.6. The Morgan fingerprint density at radius 3 is 2.69 bits per heavy atom. The van der Waals surface area contributed by atoms with E-state index in [2.05, 4.69) is 30.9 Å². The van der Waals surface area contributed by atoms with Crippen LogP contribution in [0, 0.1) is 11.8 Å². The maximum absolute atomic E-state index is 11.0. The lowest BCUT2D eigenvalue weighted by atomic mass is 10.0. The third-order valence-corrected chi connectivity index (χ3v) is 2.40. The van der Waals surface area contributed by atoms with Gasteiger partial charge in [-0.15, -0.1) is 0 Å². The van der Waals surface area contributed by atoms with Gasteiger partial charge in [-0.25, -0.2) is 9.67 Å². The van der Waals surface area contributed by atoms with Crippen molar-refractivity contribution in [3.63, 3.8) is 0 Å². The van der Waals surface area contributed by atoms with E-state index in [9.17, 15) is 4.79 Å². The average Bonchev–Trinajstić information content (AvgIpc) is 2.50. The Labute approximate surface area is 97.1 Å². The first kappa shape index (κ1) is 12.9. The van der Waals surface area contributed by atoms with E-state index < -0.39 is 0 Å². The molecule has 4 heteroatoms. The summed E-state index contributed by atoms with van der Waals surface area (Å²) in [4.78, 5) is 15.3. The summed E-state index contributed by atoms with van der Waals surface area (Å²) in [7, 11) is 0. The second kappa shape index (κ2) is 5.77. The largest absolute Gasteiger partial charge is 0.300 e. The van der Waals surface area contributed by atoms with Crippen LogP contribution >= 0.6 is 0 Å². The van der Waals surface area contributed by atoms with Crippen molar-refractivity contribution < 1.29 is 4.79 Å². The van der Waals surface area contributed by atoms with Crippen LogP contribution in [0.3, 0.4) is 0 Å². The van der Waals surface area contributed by atoms with E-state index in [1.165, 1.54) is 0 Å². The maximum atomic E-state index is 11.0. The molecule has 0 saturated carbocycles. The van der Waals surface area contributed by atoms with Crippen LogP contribution in [0.5, 0.6) is 0 Å². The highest BCUT2D eigenvalue weighted by atomic mass is 16.1. The summed E-state index contributed by atoms with van der Waals surface area (Å²) >= 11 is 0. The first-order valence-electron chi connectivity index (χ1n) is 5.85. The minimum absolute atomic E-state index is 0.238. The quantitative estimate of drug-likeness (QED) is 0.742. The minimum atomic E-state index is 0.238. The van der Waals surface area contributed by atoms with Crippen molar-refractivity contribution in [1.82, 2.24) is 14.8 Å². The second-order valence-electron chi connectivity index (χ2n) is 4.97. The highest BCUT2D eigenvalue weighted by molar-refractivity contribution is 5.75. The maximum Gasteiger partial charge on any atom is 0.138 e. The third-order valence-electron chi connectivity index (χ3n) is 2.40. The van der Waals surface area contributed by atoms with Crippen LogP contribution in [0.25, 0.3) is 0 Å². The zero-order valence-electron chi connectivity index (χ0n) is 10.6. The number of ketones is 1. The number of carbonyl (C=O) groups is 1. The van der Waals surface area contributed by atoms with Gasteiger partial charge in [-0.3, -0.25) is 0 Å². The van der Waals surface area contributed by atoms with Crippen LogP contribution in [0.1, 0.15) is 39.9 Å². The number of nitrogens with zero attached hydrogens (tertiary/aromatic N) is 3. The van der Waals surface area contributed by atoms with Crippen molar-refractivity contribution in [1.29, 1.82) is 0 Å². The first-order chi connectivity index (χ1) is 7.49. The smallest absolute Gasteiger partial charge is 0.138 e. The van der Waals surface area contributed by atoms with E-state index in [0.29, 0.717) is 18.3 Å². The molecule has 0 aliphatic heterocycles. The van der Waals surface area contributed by atoms with Crippen LogP contribution in [-0.4, -0.2) is 20.5 Å². The standard InChI is InChI=1S/C12H21N3O/c1-9(2)7-15-12(13-8-14-15)6-10(3)5-11(4)16/h8-10H,5-7H2,1-4H3. The molecule has 0 saturated heterocycles. The molecule has 0 amide bonds. The van der Waals surface area contributed by atoms with Gasteiger partial charge in [0.1, 0.15) is 17.9 Å². The number of aromatic nitrogens is 3. The van der Waals surface area contributed by atoms with Crippen molar-refractivity contribution in [2.75, 3.05) is 0 Å². The number of Topliss-reactive ketones (excluding diaryl/α,β-unsaturated/α-hetero) is 1. The number of carbonyl (C=O) groups excluding carboxylic acids is 1. The van der Waals surface area contributed by atoms with Gasteiger partial charge in [-0.2, -0.15) is 5.10 Å². The number of rotatable bonds is 6. The summed E-state index contributed by atoms with van der Waals surface area (Å²) < 4.78 is 1.95. The summed E-state index contributed by atoms with van der Waals surface area (Å²) in [6.45, 7) is 8.92. The van der Waals surface area contributed by atoms with Gasteiger partial charge >= 0.3 is 0 Å². The molecule has 90 valence electrons. The summed E-state index contributed by atoms with van der Waals surface area (Å²) in [5.41, 5.74) is 0. The van der Waals surface area contributed by atoms with Crippen LogP contribution in [-0.2, 0) is 17.8 Å². The first-order valence-corrected chi connectivity index (χ1v) is 5.85. The van der Waals surface area contributed by atoms with Gasteiger partial charge in [0.05, 0.1) is 0 Å². The summed E-state index contributed by atoms with van der Waals surface area (Å²) in [5.74, 6) is 2.13. The van der Waals surface area contributed by atoms with Gasteiger partial charge in [-0.05, 0) is 18.8 Å². The molecule has 1 atom stereocenters. The Hall–Kier alpha value is -1.19. The van der Waals surface area contributed by atoms with Crippen LogP contribution < -0.4 is 0 Å². The molecule has 0 bridgehead atoms. The Bertz CT molecular complexity index is 344. The summed E-state index contributed by atoms with van der Waals surface area (Å²) in [5, 5.41) is 4.21. The highest BCUT2D eigenvalue weighted by Crippen LogP contribution is 2.11. The fourth-order valence-electron chi connectivity index (χ4n) is 1.82. The molecule has 1 rings (SSSR count). The van der Waals surface area contributed by atoms with Crippen molar-refractivity contribution in [3.8, 4) is 0 Å². The van der Waals surface area contributed by atoms with E-state index in [1.807, 2.05) is 4.68 Å². The van der Waals surface area contributed by atoms with E-state index in [4.69, 9.17) is 0 Å². The van der Waals surface area contributed by atoms with E-state index in [0.717, 1.165) is 18.8 Å². The molecule has 4 nitrogen and oxygen atoms in total. The zero-order chi connectivity index (χ0) is 12.1. The Morgan fingerprint density at radius 2 is 2.12 bits per heavy atom. The van der Waals surface area contributed by atoms with Crippen LogP contribution in [0.4, 0.5) is 0 Å². The van der Waals surface area contributed by atoms with Crippen LogP contribution in [0.2, 0.25) is 0 Å². The molecule has 1 heterocycles. The molecular weight excluding hydrogens is 202 g/mol. The Morgan fingerprint density at radius 1 is 1.44 bits per heavy atom. The molecule has 0 fully saturated rings. The molecule has 0 aliphatic rings. The van der Waals surface area contributed by atoms with Gasteiger partial charge in [0.25, 0.3) is 0 Å². The number of hydrogen-bond donors (Lipinski definition) is 0. The minimum Gasteiger partial charge on any atom is -0.300 e. The van der Waals surface area contributed by atoms with E-state index in [-0.39, 0.29) is 5.78 Å². The van der Waals surface area contributed by atoms with Gasteiger partial charge < -0.3 is 4.79 Å². The molecule has 0 aliphatic carbocycles. The fraction of sp³-hybridized carbons (Fsp3) is 0.750. The lowest BCUT2D eigenvalue weighted by Crippen LogP contribution is -2.14. The SMILES string of the molecule is CC(=O)CC(C)Cc1ncnn1CC(C)C. The lowest BCUT2D eigenvalue weighted by molar-refractivity contribution is -0.117. The second-order valence-corrected chi connectivity index (χ2v) is 4.97. The average molecular weight is 223 g/mol. The molecule has 0 aromatic carbocycles. The molecular formula is C12H21N3O. The van der Waals surface area contributed by atoms with Gasteiger partial charge in [0, 0.05) is 19.4 Å². The fourth-order valence-corrected chi connectivity index (χ4v) is 1.82. The molecule has 1 aromatic heterocycles. The molecule has 1 unspecified atom stereocenters. The van der Waals surface area contributed by atoms with Gasteiger partial charge in [-0.1, -0.05) is 20.8 Å². The molecule has 1 aromatic rings. The van der Waals surface area contributed by atoms with Gasteiger partial charge in [0.2, 0.25) is 0 Å². The van der Waals surface area contributed by atoms with Crippen molar-refractivity contribution in [2.24, 2.45) is 11.8 Å². The monoisotopic (exact) mass is 223 g/mol. The van der Waals surface area contributed by atoms with Gasteiger partial charge in [0.15, 0.2) is 0 Å². The molecule has 0 N–H and O–H groups in total. The summed E-state index contributed by atoms with van der Waals surface area (Å²) in [6, 6.07) is 0. The normalized spacial score (nSPS) is 13.1. The molecule has 0 spiro atoms. The van der Waals surface area contributed by atoms with Crippen molar-refractivity contribution in [2.45, 2.75) is 47.1 Å². The Balaban J connectivity index is 2.59.